The van der Waals surface area contributed by atoms with Gasteiger partial charge in [0.15, 0.2) is 6.19 Å². The lowest BCUT2D eigenvalue weighted by atomic mass is 10.1. The van der Waals surface area contributed by atoms with E-state index in [0.717, 1.165) is 51.9 Å². The number of hydrogen-bond donors (Lipinski definition) is 0. The molecule has 0 radical (unpaired) electrons. The molecule has 2 aliphatic rings. The highest BCUT2D eigenvalue weighted by Crippen LogP contribution is 2.23. The summed E-state index contributed by atoms with van der Waals surface area (Å²) in [5, 5.41) is 9.41. The Morgan fingerprint density at radius 3 is 1.83 bits per heavy atom. The second-order valence-electron chi connectivity index (χ2n) is 6.33. The van der Waals surface area contributed by atoms with Crippen LogP contribution < -0.4 is 14.7 Å². The van der Waals surface area contributed by atoms with E-state index in [4.69, 9.17) is 4.98 Å². The summed E-state index contributed by atoms with van der Waals surface area (Å²) in [6.07, 6.45) is 11.0. The van der Waals surface area contributed by atoms with Crippen molar-refractivity contribution in [1.82, 2.24) is 15.0 Å². The average molecular weight is 327 g/mol. The number of nitrogens with zero attached hydrogens (tertiary/aromatic N) is 7. The van der Waals surface area contributed by atoms with Crippen molar-refractivity contribution in [2.45, 2.75) is 38.5 Å². The van der Waals surface area contributed by atoms with Gasteiger partial charge in [-0.05, 0) is 38.5 Å². The van der Waals surface area contributed by atoms with Gasteiger partial charge in [-0.15, -0.1) is 6.58 Å². The Balaban J connectivity index is 1.94. The first-order valence-corrected chi connectivity index (χ1v) is 8.86. The number of piperidine rings is 2. The third kappa shape index (κ3) is 3.75. The van der Waals surface area contributed by atoms with Gasteiger partial charge in [-0.2, -0.15) is 20.2 Å². The lowest BCUT2D eigenvalue weighted by molar-refractivity contribution is 0.556. The molecule has 2 saturated heterocycles. The molecular weight excluding hydrogens is 302 g/mol. The molecule has 0 aliphatic carbocycles. The minimum absolute atomic E-state index is 0.402. The zero-order valence-electron chi connectivity index (χ0n) is 14.2. The summed E-state index contributed by atoms with van der Waals surface area (Å²) in [6.45, 7) is 7.99. The quantitative estimate of drug-likeness (QED) is 0.467. The van der Waals surface area contributed by atoms with E-state index in [9.17, 15) is 5.26 Å². The fraction of sp³-hybridized carbons (Fsp3) is 0.647. The Morgan fingerprint density at radius 1 is 0.917 bits per heavy atom. The van der Waals surface area contributed by atoms with Gasteiger partial charge in [0, 0.05) is 26.2 Å². The van der Waals surface area contributed by atoms with Crippen LogP contribution in [0.5, 0.6) is 0 Å². The monoisotopic (exact) mass is 327 g/mol. The molecule has 0 atom stereocenters. The Bertz CT molecular complexity index is 561. The first-order valence-electron chi connectivity index (χ1n) is 8.86. The maximum Gasteiger partial charge on any atom is 0.245 e. The van der Waals surface area contributed by atoms with Crippen molar-refractivity contribution in [1.29, 1.82) is 5.26 Å². The van der Waals surface area contributed by atoms with Crippen molar-refractivity contribution < 1.29 is 0 Å². The standard InChI is InChI=1S/C17H25N7/c1-2-9-24(14-18)17-20-15(22-10-5-3-6-11-22)19-16(21-17)23-12-7-4-8-13-23/h2H,1,3-13H2. The van der Waals surface area contributed by atoms with Crippen molar-refractivity contribution in [3.63, 3.8) is 0 Å². The van der Waals surface area contributed by atoms with Crippen LogP contribution in [0, 0.1) is 11.5 Å². The van der Waals surface area contributed by atoms with Crippen LogP contribution in [0.15, 0.2) is 12.7 Å². The van der Waals surface area contributed by atoms with E-state index in [0.29, 0.717) is 24.4 Å². The van der Waals surface area contributed by atoms with Crippen molar-refractivity contribution in [2.75, 3.05) is 47.4 Å². The molecule has 0 N–H and O–H groups in total. The maximum atomic E-state index is 9.41. The highest BCUT2D eigenvalue weighted by Gasteiger charge is 2.22. The highest BCUT2D eigenvalue weighted by atomic mass is 15.4. The average Bonchev–Trinajstić information content (AvgIpc) is 2.67. The molecule has 0 aromatic carbocycles. The molecule has 1 aromatic heterocycles. The Morgan fingerprint density at radius 2 is 1.42 bits per heavy atom. The van der Waals surface area contributed by atoms with Crippen LogP contribution in [-0.2, 0) is 0 Å². The molecule has 0 amide bonds. The van der Waals surface area contributed by atoms with Crippen LogP contribution in [0.3, 0.4) is 0 Å². The molecule has 3 rings (SSSR count). The van der Waals surface area contributed by atoms with Gasteiger partial charge >= 0.3 is 0 Å². The molecule has 0 saturated carbocycles. The van der Waals surface area contributed by atoms with Crippen molar-refractivity contribution in [2.24, 2.45) is 0 Å². The summed E-state index contributed by atoms with van der Waals surface area (Å²) in [5.41, 5.74) is 0. The van der Waals surface area contributed by atoms with Gasteiger partial charge in [-0.3, -0.25) is 0 Å². The van der Waals surface area contributed by atoms with Crippen molar-refractivity contribution in [3.05, 3.63) is 12.7 Å². The number of rotatable bonds is 5. The van der Waals surface area contributed by atoms with Gasteiger partial charge < -0.3 is 9.80 Å². The second kappa shape index (κ2) is 7.95. The molecule has 7 nitrogen and oxygen atoms in total. The zero-order valence-corrected chi connectivity index (χ0v) is 14.2. The Kier molecular flexibility index (Phi) is 5.47. The summed E-state index contributed by atoms with van der Waals surface area (Å²) < 4.78 is 0. The van der Waals surface area contributed by atoms with Gasteiger partial charge in [0.1, 0.15) is 0 Å². The molecule has 7 heteroatoms. The van der Waals surface area contributed by atoms with E-state index in [2.05, 4.69) is 32.5 Å². The summed E-state index contributed by atoms with van der Waals surface area (Å²) in [6, 6.07) is 0. The van der Waals surface area contributed by atoms with Crippen LogP contribution in [0.4, 0.5) is 17.8 Å². The summed E-state index contributed by atoms with van der Waals surface area (Å²) in [4.78, 5) is 19.8. The minimum atomic E-state index is 0.402. The lowest BCUT2D eigenvalue weighted by Gasteiger charge is -2.30. The molecule has 2 fully saturated rings. The predicted molar refractivity (Wildman–Crippen MR) is 95.1 cm³/mol. The van der Waals surface area contributed by atoms with E-state index in [1.165, 1.54) is 17.7 Å². The van der Waals surface area contributed by atoms with E-state index in [1.807, 2.05) is 0 Å². The maximum absolute atomic E-state index is 9.41. The number of aromatic nitrogens is 3. The lowest BCUT2D eigenvalue weighted by Crippen LogP contribution is -2.35. The highest BCUT2D eigenvalue weighted by molar-refractivity contribution is 5.49. The normalized spacial score (nSPS) is 18.1. The summed E-state index contributed by atoms with van der Waals surface area (Å²) in [5.74, 6) is 1.82. The predicted octanol–water partition coefficient (Wildman–Crippen LogP) is 2.33. The molecule has 128 valence electrons. The Labute approximate surface area is 143 Å². The van der Waals surface area contributed by atoms with Gasteiger partial charge in [0.25, 0.3) is 0 Å². The topological polar surface area (TPSA) is 72.2 Å². The number of nitriles is 1. The van der Waals surface area contributed by atoms with E-state index >= 15 is 0 Å². The van der Waals surface area contributed by atoms with Gasteiger partial charge in [0.2, 0.25) is 17.8 Å². The SMILES string of the molecule is C=CCN(C#N)c1nc(N2CCCCC2)nc(N2CCCCC2)n1. The van der Waals surface area contributed by atoms with Gasteiger partial charge in [0.05, 0.1) is 6.54 Å². The molecule has 0 bridgehead atoms. The fourth-order valence-electron chi connectivity index (χ4n) is 3.23. The van der Waals surface area contributed by atoms with Gasteiger partial charge in [-0.1, -0.05) is 6.08 Å². The second-order valence-corrected chi connectivity index (χ2v) is 6.33. The first-order chi connectivity index (χ1) is 11.8. The van der Waals surface area contributed by atoms with Crippen LogP contribution >= 0.6 is 0 Å². The Hall–Kier alpha value is -2.36. The summed E-state index contributed by atoms with van der Waals surface area (Å²) in [7, 11) is 0. The molecule has 0 unspecified atom stereocenters. The molecule has 0 spiro atoms. The van der Waals surface area contributed by atoms with E-state index in [1.54, 1.807) is 6.08 Å². The largest absolute Gasteiger partial charge is 0.341 e. The third-order valence-corrected chi connectivity index (χ3v) is 4.55. The zero-order chi connectivity index (χ0) is 16.8. The van der Waals surface area contributed by atoms with Crippen LogP contribution in [0.1, 0.15) is 38.5 Å². The third-order valence-electron chi connectivity index (χ3n) is 4.55. The molecular formula is C17H25N7. The van der Waals surface area contributed by atoms with Crippen LogP contribution in [0.25, 0.3) is 0 Å². The van der Waals surface area contributed by atoms with Crippen molar-refractivity contribution >= 4 is 17.8 Å². The number of anilines is 3. The van der Waals surface area contributed by atoms with Crippen LogP contribution in [-0.4, -0.2) is 47.7 Å². The first kappa shape index (κ1) is 16.5. The summed E-state index contributed by atoms with van der Waals surface area (Å²) >= 11 is 0. The van der Waals surface area contributed by atoms with Crippen LogP contribution in [0.2, 0.25) is 0 Å². The van der Waals surface area contributed by atoms with E-state index in [-0.39, 0.29) is 0 Å². The minimum Gasteiger partial charge on any atom is -0.341 e. The molecule has 24 heavy (non-hydrogen) atoms. The smallest absolute Gasteiger partial charge is 0.245 e. The van der Waals surface area contributed by atoms with Gasteiger partial charge in [-0.25, -0.2) is 4.90 Å². The van der Waals surface area contributed by atoms with Crippen molar-refractivity contribution in [3.8, 4) is 6.19 Å². The van der Waals surface area contributed by atoms with E-state index < -0.39 is 0 Å². The number of hydrogen-bond acceptors (Lipinski definition) is 7. The fourth-order valence-corrected chi connectivity index (χ4v) is 3.23. The molecule has 2 aliphatic heterocycles. The molecule has 3 heterocycles. The molecule has 1 aromatic rings.